The Morgan fingerprint density at radius 2 is 2.35 bits per heavy atom. The van der Waals surface area contributed by atoms with Crippen LogP contribution in [0.2, 0.25) is 0 Å². The van der Waals surface area contributed by atoms with E-state index >= 15 is 0 Å². The number of thiophene rings is 2. The van der Waals surface area contributed by atoms with Gasteiger partial charge in [-0.25, -0.2) is 5.43 Å². The lowest BCUT2D eigenvalue weighted by Crippen LogP contribution is -2.30. The number of hydrogen-bond donors (Lipinski definition) is 2. The molecule has 3 N–H and O–H groups in total. The SMILES string of the molecule is CCn1ncc(OC)c1C(NN)c1cc2sccc2s1. The first-order valence-corrected chi connectivity index (χ1v) is 8.00. The summed E-state index contributed by atoms with van der Waals surface area (Å²) >= 11 is 3.49. The molecule has 5 nitrogen and oxygen atoms in total. The normalized spacial score (nSPS) is 12.9. The summed E-state index contributed by atoms with van der Waals surface area (Å²) in [6.07, 6.45) is 1.74. The quantitative estimate of drug-likeness (QED) is 0.562. The van der Waals surface area contributed by atoms with E-state index in [1.54, 1.807) is 36.0 Å². The fourth-order valence-corrected chi connectivity index (χ4v) is 4.48. The molecule has 20 heavy (non-hydrogen) atoms. The molecule has 7 heteroatoms. The van der Waals surface area contributed by atoms with Gasteiger partial charge >= 0.3 is 0 Å². The summed E-state index contributed by atoms with van der Waals surface area (Å²) in [6, 6.07) is 4.20. The molecule has 3 aromatic rings. The van der Waals surface area contributed by atoms with Crippen molar-refractivity contribution in [3.8, 4) is 5.75 Å². The van der Waals surface area contributed by atoms with Crippen LogP contribution in [-0.4, -0.2) is 16.9 Å². The zero-order valence-corrected chi connectivity index (χ0v) is 12.9. The lowest BCUT2D eigenvalue weighted by atomic mass is 10.1. The second-order valence-electron chi connectivity index (χ2n) is 4.31. The van der Waals surface area contributed by atoms with Crippen LogP contribution in [0.1, 0.15) is 23.5 Å². The number of hydrogen-bond acceptors (Lipinski definition) is 6. The van der Waals surface area contributed by atoms with Gasteiger partial charge in [-0.15, -0.1) is 22.7 Å². The lowest BCUT2D eigenvalue weighted by molar-refractivity contribution is 0.400. The molecule has 0 saturated heterocycles. The number of nitrogens with two attached hydrogens (primary N) is 1. The van der Waals surface area contributed by atoms with Crippen LogP contribution in [0.25, 0.3) is 9.40 Å². The number of fused-ring (bicyclic) bond motifs is 1. The monoisotopic (exact) mass is 308 g/mol. The zero-order valence-electron chi connectivity index (χ0n) is 11.3. The van der Waals surface area contributed by atoms with Crippen molar-refractivity contribution < 1.29 is 4.74 Å². The number of rotatable bonds is 5. The van der Waals surface area contributed by atoms with Crippen LogP contribution in [-0.2, 0) is 6.54 Å². The molecule has 0 spiro atoms. The maximum Gasteiger partial charge on any atom is 0.162 e. The molecular weight excluding hydrogens is 292 g/mol. The van der Waals surface area contributed by atoms with Crippen molar-refractivity contribution in [1.29, 1.82) is 0 Å². The Hall–Kier alpha value is -1.41. The van der Waals surface area contributed by atoms with Gasteiger partial charge < -0.3 is 4.74 Å². The average molecular weight is 308 g/mol. The van der Waals surface area contributed by atoms with Crippen molar-refractivity contribution >= 4 is 32.1 Å². The van der Waals surface area contributed by atoms with Gasteiger partial charge in [-0.1, -0.05) is 0 Å². The molecule has 0 aliphatic carbocycles. The second-order valence-corrected chi connectivity index (χ2v) is 6.37. The van der Waals surface area contributed by atoms with Gasteiger partial charge in [-0.3, -0.25) is 10.5 Å². The molecule has 0 amide bonds. The minimum absolute atomic E-state index is 0.114. The van der Waals surface area contributed by atoms with E-state index in [1.165, 1.54) is 14.3 Å². The molecule has 0 aliphatic heterocycles. The summed E-state index contributed by atoms with van der Waals surface area (Å²) in [6.45, 7) is 2.83. The van der Waals surface area contributed by atoms with Gasteiger partial charge in [0.1, 0.15) is 11.7 Å². The van der Waals surface area contributed by atoms with Crippen LogP contribution in [0.3, 0.4) is 0 Å². The standard InChI is InChI=1S/C13H16N4OS2/c1-3-17-13(8(18-2)7-15-17)12(16-14)11-6-10-9(20-11)4-5-19-10/h4-7,12,16H,3,14H2,1-2H3. The third kappa shape index (κ3) is 2.12. The molecule has 3 rings (SSSR count). The van der Waals surface area contributed by atoms with Gasteiger partial charge in [0.15, 0.2) is 5.75 Å². The second kappa shape index (κ2) is 5.53. The number of nitrogens with one attached hydrogen (secondary N) is 1. The van der Waals surface area contributed by atoms with E-state index in [9.17, 15) is 0 Å². The third-order valence-electron chi connectivity index (χ3n) is 3.25. The van der Waals surface area contributed by atoms with E-state index in [0.29, 0.717) is 0 Å². The highest BCUT2D eigenvalue weighted by molar-refractivity contribution is 7.27. The predicted molar refractivity (Wildman–Crippen MR) is 83.3 cm³/mol. The molecular formula is C13H16N4OS2. The molecule has 0 radical (unpaired) electrons. The largest absolute Gasteiger partial charge is 0.493 e. The number of methoxy groups -OCH3 is 1. The van der Waals surface area contributed by atoms with Gasteiger partial charge in [-0.2, -0.15) is 5.10 Å². The molecule has 3 heterocycles. The molecule has 0 saturated carbocycles. The fourth-order valence-electron chi connectivity index (χ4n) is 2.30. The number of hydrazine groups is 1. The van der Waals surface area contributed by atoms with Crippen molar-refractivity contribution in [2.75, 3.05) is 7.11 Å². The van der Waals surface area contributed by atoms with Crippen LogP contribution < -0.4 is 16.0 Å². The Balaban J connectivity index is 2.09. The van der Waals surface area contributed by atoms with Gasteiger partial charge in [0, 0.05) is 20.8 Å². The highest BCUT2D eigenvalue weighted by atomic mass is 32.1. The Morgan fingerprint density at radius 3 is 3.00 bits per heavy atom. The van der Waals surface area contributed by atoms with E-state index in [2.05, 4.69) is 35.0 Å². The number of aryl methyl sites for hydroxylation is 1. The van der Waals surface area contributed by atoms with Crippen molar-refractivity contribution in [1.82, 2.24) is 15.2 Å². The Kier molecular flexibility index (Phi) is 3.75. The van der Waals surface area contributed by atoms with Gasteiger partial charge in [0.25, 0.3) is 0 Å². The predicted octanol–water partition coefficient (Wildman–Crippen LogP) is 2.74. The zero-order chi connectivity index (χ0) is 14.1. The van der Waals surface area contributed by atoms with Crippen molar-refractivity contribution in [3.63, 3.8) is 0 Å². The van der Waals surface area contributed by atoms with Crippen molar-refractivity contribution in [3.05, 3.63) is 34.3 Å². The summed E-state index contributed by atoms with van der Waals surface area (Å²) < 4.78 is 9.90. The molecule has 1 atom stereocenters. The highest BCUT2D eigenvalue weighted by Crippen LogP contribution is 2.37. The smallest absolute Gasteiger partial charge is 0.162 e. The van der Waals surface area contributed by atoms with Gasteiger partial charge in [-0.05, 0) is 24.4 Å². The summed E-state index contributed by atoms with van der Waals surface area (Å²) in [5.41, 5.74) is 3.86. The molecule has 1 unspecified atom stereocenters. The minimum Gasteiger partial charge on any atom is -0.493 e. The average Bonchev–Trinajstić information content (AvgIpc) is 3.13. The van der Waals surface area contributed by atoms with Gasteiger partial charge in [0.2, 0.25) is 0 Å². The molecule has 106 valence electrons. The minimum atomic E-state index is -0.114. The Bertz CT molecular complexity index is 665. The first-order chi connectivity index (χ1) is 9.78. The molecule has 3 aromatic heterocycles. The highest BCUT2D eigenvalue weighted by Gasteiger charge is 2.24. The van der Waals surface area contributed by atoms with Gasteiger partial charge in [0.05, 0.1) is 13.3 Å². The Morgan fingerprint density at radius 1 is 1.50 bits per heavy atom. The fraction of sp³-hybridized carbons (Fsp3) is 0.308. The summed E-state index contributed by atoms with van der Waals surface area (Å²) in [5.74, 6) is 6.55. The maximum absolute atomic E-state index is 5.80. The topological polar surface area (TPSA) is 65.1 Å². The number of aromatic nitrogens is 2. The summed E-state index contributed by atoms with van der Waals surface area (Å²) in [5, 5.41) is 6.45. The first-order valence-electron chi connectivity index (χ1n) is 6.31. The Labute approximate surface area is 124 Å². The summed E-state index contributed by atoms with van der Waals surface area (Å²) in [7, 11) is 1.65. The van der Waals surface area contributed by atoms with E-state index in [1.807, 2.05) is 4.68 Å². The van der Waals surface area contributed by atoms with E-state index < -0.39 is 0 Å². The molecule has 0 aromatic carbocycles. The molecule has 0 aliphatic rings. The molecule has 0 bridgehead atoms. The van der Waals surface area contributed by atoms with E-state index in [-0.39, 0.29) is 6.04 Å². The third-order valence-corrected chi connectivity index (χ3v) is 5.41. The number of ether oxygens (including phenoxy) is 1. The van der Waals surface area contributed by atoms with Crippen LogP contribution in [0.15, 0.2) is 23.7 Å². The van der Waals surface area contributed by atoms with Crippen molar-refractivity contribution in [2.45, 2.75) is 19.5 Å². The van der Waals surface area contributed by atoms with Crippen LogP contribution >= 0.6 is 22.7 Å². The van der Waals surface area contributed by atoms with Crippen LogP contribution in [0.5, 0.6) is 5.75 Å². The van der Waals surface area contributed by atoms with Crippen LogP contribution in [0, 0.1) is 0 Å². The summed E-state index contributed by atoms with van der Waals surface area (Å²) in [4.78, 5) is 1.17. The maximum atomic E-state index is 5.80. The van der Waals surface area contributed by atoms with E-state index in [4.69, 9.17) is 10.6 Å². The first kappa shape index (κ1) is 13.6. The lowest BCUT2D eigenvalue weighted by Gasteiger charge is -2.17. The van der Waals surface area contributed by atoms with Crippen LogP contribution in [0.4, 0.5) is 0 Å². The van der Waals surface area contributed by atoms with Crippen molar-refractivity contribution in [2.24, 2.45) is 5.84 Å². The molecule has 0 fully saturated rings. The number of nitrogens with zero attached hydrogens (tertiary/aromatic N) is 2. The van der Waals surface area contributed by atoms with E-state index in [0.717, 1.165) is 18.0 Å².